The lowest BCUT2D eigenvalue weighted by Gasteiger charge is -2.09. The maximum Gasteiger partial charge on any atom is 0.416 e. The lowest BCUT2D eigenvalue weighted by Crippen LogP contribution is -2.24. The molecular formula is C12H13ClF3NO. The van der Waals surface area contributed by atoms with Crippen LogP contribution in [0.5, 0.6) is 0 Å². The van der Waals surface area contributed by atoms with E-state index in [-0.39, 0.29) is 5.56 Å². The Kier molecular flexibility index (Phi) is 5.47. The fraction of sp³-hybridized carbons (Fsp3) is 0.417. The van der Waals surface area contributed by atoms with Gasteiger partial charge in [0.15, 0.2) is 0 Å². The van der Waals surface area contributed by atoms with E-state index in [4.69, 9.17) is 11.6 Å². The Morgan fingerprint density at radius 1 is 1.28 bits per heavy atom. The number of unbranched alkanes of at least 4 members (excludes halogenated alkanes) is 1. The van der Waals surface area contributed by atoms with Crippen molar-refractivity contribution in [2.45, 2.75) is 19.0 Å². The molecule has 0 aliphatic rings. The molecule has 6 heteroatoms. The fourth-order valence-corrected chi connectivity index (χ4v) is 1.55. The van der Waals surface area contributed by atoms with E-state index in [1.807, 2.05) is 0 Å². The Hall–Kier alpha value is -1.23. The normalized spacial score (nSPS) is 11.3. The van der Waals surface area contributed by atoms with E-state index < -0.39 is 17.6 Å². The summed E-state index contributed by atoms with van der Waals surface area (Å²) in [5, 5.41) is 2.55. The number of halogens is 4. The Morgan fingerprint density at radius 2 is 2.00 bits per heavy atom. The first-order valence-electron chi connectivity index (χ1n) is 5.46. The molecule has 1 N–H and O–H groups in total. The summed E-state index contributed by atoms with van der Waals surface area (Å²) in [5.41, 5.74) is -0.813. The van der Waals surface area contributed by atoms with Crippen molar-refractivity contribution >= 4 is 17.5 Å². The third-order valence-electron chi connectivity index (χ3n) is 2.30. The number of hydrogen-bond donors (Lipinski definition) is 1. The molecule has 18 heavy (non-hydrogen) atoms. The van der Waals surface area contributed by atoms with Crippen LogP contribution < -0.4 is 5.32 Å². The van der Waals surface area contributed by atoms with Crippen LogP contribution in [0.25, 0.3) is 0 Å². The van der Waals surface area contributed by atoms with E-state index in [0.717, 1.165) is 18.6 Å². The summed E-state index contributed by atoms with van der Waals surface area (Å²) in [6.07, 6.45) is -2.98. The van der Waals surface area contributed by atoms with Crippen molar-refractivity contribution < 1.29 is 18.0 Å². The zero-order valence-corrected chi connectivity index (χ0v) is 10.3. The van der Waals surface area contributed by atoms with Gasteiger partial charge in [0.1, 0.15) is 0 Å². The van der Waals surface area contributed by atoms with E-state index in [1.54, 1.807) is 0 Å². The van der Waals surface area contributed by atoms with Gasteiger partial charge in [-0.25, -0.2) is 0 Å². The average molecular weight is 280 g/mol. The lowest BCUT2D eigenvalue weighted by molar-refractivity contribution is -0.137. The average Bonchev–Trinajstić information content (AvgIpc) is 2.33. The molecule has 1 aromatic rings. The van der Waals surface area contributed by atoms with Gasteiger partial charge in [-0.15, -0.1) is 11.6 Å². The maximum absolute atomic E-state index is 12.4. The molecule has 0 heterocycles. The minimum absolute atomic E-state index is 0.00991. The molecular weight excluding hydrogens is 267 g/mol. The fourth-order valence-electron chi connectivity index (χ4n) is 1.36. The molecule has 0 atom stereocenters. The number of nitrogens with one attached hydrogen (secondary N) is 1. The van der Waals surface area contributed by atoms with E-state index in [2.05, 4.69) is 5.32 Å². The molecule has 0 fully saturated rings. The van der Waals surface area contributed by atoms with E-state index in [0.29, 0.717) is 18.8 Å². The van der Waals surface area contributed by atoms with Crippen LogP contribution >= 0.6 is 11.6 Å². The van der Waals surface area contributed by atoms with Gasteiger partial charge in [-0.3, -0.25) is 4.79 Å². The van der Waals surface area contributed by atoms with Gasteiger partial charge in [-0.1, -0.05) is 6.07 Å². The Morgan fingerprint density at radius 3 is 2.61 bits per heavy atom. The van der Waals surface area contributed by atoms with Crippen molar-refractivity contribution in [3.63, 3.8) is 0 Å². The largest absolute Gasteiger partial charge is 0.416 e. The van der Waals surface area contributed by atoms with Gasteiger partial charge in [-0.05, 0) is 31.0 Å². The smallest absolute Gasteiger partial charge is 0.352 e. The van der Waals surface area contributed by atoms with Crippen LogP contribution in [-0.2, 0) is 6.18 Å². The summed E-state index contributed by atoms with van der Waals surface area (Å²) in [6, 6.07) is 4.35. The molecule has 0 saturated heterocycles. The summed E-state index contributed by atoms with van der Waals surface area (Å²) in [4.78, 5) is 11.6. The SMILES string of the molecule is O=C(NCCCCCl)c1cccc(C(F)(F)F)c1. The molecule has 1 aromatic carbocycles. The second kappa shape index (κ2) is 6.64. The van der Waals surface area contributed by atoms with E-state index in [1.165, 1.54) is 12.1 Å². The third kappa shape index (κ3) is 4.56. The molecule has 1 amide bonds. The van der Waals surface area contributed by atoms with E-state index >= 15 is 0 Å². The van der Waals surface area contributed by atoms with Crippen LogP contribution in [-0.4, -0.2) is 18.3 Å². The quantitative estimate of drug-likeness (QED) is 0.649. The van der Waals surface area contributed by atoms with Crippen molar-refractivity contribution in [2.75, 3.05) is 12.4 Å². The van der Waals surface area contributed by atoms with Gasteiger partial charge >= 0.3 is 6.18 Å². The number of amides is 1. The molecule has 0 saturated carbocycles. The van der Waals surface area contributed by atoms with Crippen LogP contribution in [0, 0.1) is 0 Å². The molecule has 0 spiro atoms. The van der Waals surface area contributed by atoms with Gasteiger partial charge in [-0.2, -0.15) is 13.2 Å². The Labute approximate surface area is 108 Å². The number of alkyl halides is 4. The monoisotopic (exact) mass is 279 g/mol. The zero-order chi connectivity index (χ0) is 13.6. The number of hydrogen-bond acceptors (Lipinski definition) is 1. The zero-order valence-electron chi connectivity index (χ0n) is 9.56. The first kappa shape index (κ1) is 14.8. The number of carbonyl (C=O) groups excluding carboxylic acids is 1. The van der Waals surface area contributed by atoms with Gasteiger partial charge in [0.05, 0.1) is 5.56 Å². The molecule has 0 radical (unpaired) electrons. The first-order chi connectivity index (χ1) is 8.45. The van der Waals surface area contributed by atoms with Crippen LogP contribution in [0.4, 0.5) is 13.2 Å². The van der Waals surface area contributed by atoms with Crippen molar-refractivity contribution in [2.24, 2.45) is 0 Å². The minimum atomic E-state index is -4.44. The van der Waals surface area contributed by atoms with E-state index in [9.17, 15) is 18.0 Å². The van der Waals surface area contributed by atoms with Gasteiger partial charge in [0.2, 0.25) is 0 Å². The molecule has 0 bridgehead atoms. The van der Waals surface area contributed by atoms with Crippen LogP contribution in [0.15, 0.2) is 24.3 Å². The highest BCUT2D eigenvalue weighted by Crippen LogP contribution is 2.29. The second-order valence-electron chi connectivity index (χ2n) is 3.73. The van der Waals surface area contributed by atoms with Crippen molar-refractivity contribution in [3.05, 3.63) is 35.4 Å². The number of carbonyl (C=O) groups is 1. The second-order valence-corrected chi connectivity index (χ2v) is 4.11. The minimum Gasteiger partial charge on any atom is -0.352 e. The molecule has 2 nitrogen and oxygen atoms in total. The molecule has 0 aliphatic carbocycles. The van der Waals surface area contributed by atoms with Crippen LogP contribution in [0.2, 0.25) is 0 Å². The topological polar surface area (TPSA) is 29.1 Å². The van der Waals surface area contributed by atoms with Crippen LogP contribution in [0.1, 0.15) is 28.8 Å². The molecule has 100 valence electrons. The highest BCUT2D eigenvalue weighted by atomic mass is 35.5. The van der Waals surface area contributed by atoms with Crippen LogP contribution in [0.3, 0.4) is 0 Å². The van der Waals surface area contributed by atoms with Crippen molar-refractivity contribution in [1.82, 2.24) is 5.32 Å². The summed E-state index contributed by atoms with van der Waals surface area (Å²) in [7, 11) is 0. The third-order valence-corrected chi connectivity index (χ3v) is 2.57. The molecule has 0 unspecified atom stereocenters. The maximum atomic E-state index is 12.4. The van der Waals surface area contributed by atoms with Gasteiger partial charge < -0.3 is 5.32 Å². The van der Waals surface area contributed by atoms with Crippen molar-refractivity contribution in [3.8, 4) is 0 Å². The summed E-state index contributed by atoms with van der Waals surface area (Å²) >= 11 is 5.47. The molecule has 0 aromatic heterocycles. The summed E-state index contributed by atoms with van der Waals surface area (Å²) in [6.45, 7) is 0.405. The van der Waals surface area contributed by atoms with Crippen molar-refractivity contribution in [1.29, 1.82) is 0 Å². The summed E-state index contributed by atoms with van der Waals surface area (Å²) in [5.74, 6) is -0.00457. The van der Waals surface area contributed by atoms with Gasteiger partial charge in [0.25, 0.3) is 5.91 Å². The predicted octanol–water partition coefficient (Wildman–Crippen LogP) is 3.45. The Balaban J connectivity index is 2.63. The predicted molar refractivity (Wildman–Crippen MR) is 63.7 cm³/mol. The molecule has 1 rings (SSSR count). The summed E-state index contributed by atoms with van der Waals surface area (Å²) < 4.78 is 37.3. The number of benzene rings is 1. The highest BCUT2D eigenvalue weighted by Gasteiger charge is 2.30. The Bertz CT molecular complexity index is 407. The standard InChI is InChI=1S/C12H13ClF3NO/c13-6-1-2-7-17-11(18)9-4-3-5-10(8-9)12(14,15)16/h3-5,8H,1-2,6-7H2,(H,17,18). The number of rotatable bonds is 5. The highest BCUT2D eigenvalue weighted by molar-refractivity contribution is 6.17. The molecule has 0 aliphatic heterocycles. The first-order valence-corrected chi connectivity index (χ1v) is 6.00. The lowest BCUT2D eigenvalue weighted by atomic mass is 10.1. The van der Waals surface area contributed by atoms with Gasteiger partial charge in [0, 0.05) is 18.0 Å².